The van der Waals surface area contributed by atoms with Gasteiger partial charge in [0, 0.05) is 25.8 Å². The van der Waals surface area contributed by atoms with Gasteiger partial charge >= 0.3 is 0 Å². The molecule has 2 aromatic rings. The number of aryl methyl sites for hydroxylation is 1. The van der Waals surface area contributed by atoms with E-state index in [-0.39, 0.29) is 23.4 Å². The minimum Gasteiger partial charge on any atom is -0.507 e. The van der Waals surface area contributed by atoms with Crippen molar-refractivity contribution in [2.24, 2.45) is 0 Å². The highest BCUT2D eigenvalue weighted by Crippen LogP contribution is 2.40. The van der Waals surface area contributed by atoms with E-state index < -0.39 is 23.5 Å². The second kappa shape index (κ2) is 10.4. The van der Waals surface area contributed by atoms with Crippen LogP contribution in [0.25, 0.3) is 5.76 Å². The van der Waals surface area contributed by atoms with Crippen LogP contribution in [-0.2, 0) is 14.3 Å². The Kier molecular flexibility index (Phi) is 7.64. The smallest absolute Gasteiger partial charge is 0.295 e. The lowest BCUT2D eigenvalue weighted by atomic mass is 9.94. The van der Waals surface area contributed by atoms with Crippen molar-refractivity contribution in [1.82, 2.24) is 4.90 Å². The van der Waals surface area contributed by atoms with E-state index in [2.05, 4.69) is 0 Å². The summed E-state index contributed by atoms with van der Waals surface area (Å²) in [5.41, 5.74) is 1.27. The summed E-state index contributed by atoms with van der Waals surface area (Å²) in [6, 6.07) is 10.5. The predicted octanol–water partition coefficient (Wildman–Crippen LogP) is 4.38. The van der Waals surface area contributed by atoms with Crippen LogP contribution in [-0.4, -0.2) is 48.6 Å². The third-order valence-electron chi connectivity index (χ3n) is 5.39. The van der Waals surface area contributed by atoms with Crippen molar-refractivity contribution in [3.63, 3.8) is 0 Å². The molecule has 0 spiro atoms. The van der Waals surface area contributed by atoms with Crippen LogP contribution in [0.1, 0.15) is 42.5 Å². The molecule has 0 radical (unpaired) electrons. The summed E-state index contributed by atoms with van der Waals surface area (Å²) in [4.78, 5) is 27.3. The third kappa shape index (κ3) is 4.83. The number of amides is 1. The number of carbonyl (C=O) groups is 2. The van der Waals surface area contributed by atoms with Gasteiger partial charge < -0.3 is 19.5 Å². The Balaban J connectivity index is 2.07. The quantitative estimate of drug-likeness (QED) is 0.271. The van der Waals surface area contributed by atoms with E-state index in [0.717, 1.165) is 6.42 Å². The molecule has 0 aliphatic carbocycles. The summed E-state index contributed by atoms with van der Waals surface area (Å²) in [6.07, 6.45) is 1.41. The van der Waals surface area contributed by atoms with E-state index in [9.17, 15) is 19.1 Å². The molecule has 1 unspecified atom stereocenters. The van der Waals surface area contributed by atoms with Crippen molar-refractivity contribution >= 4 is 17.4 Å². The summed E-state index contributed by atoms with van der Waals surface area (Å²) in [5, 5.41) is 11.0. The molecule has 2 aromatic carbocycles. The van der Waals surface area contributed by atoms with Gasteiger partial charge in [-0.15, -0.1) is 0 Å². The molecule has 1 saturated heterocycles. The third-order valence-corrected chi connectivity index (χ3v) is 5.39. The molecule has 1 atom stereocenters. The number of Topliss-reactive ketones (excluding diaryl/α,β-unsaturated/α-hetero) is 1. The van der Waals surface area contributed by atoms with Crippen LogP contribution in [0.2, 0.25) is 0 Å². The van der Waals surface area contributed by atoms with E-state index in [1.54, 1.807) is 38.3 Å². The summed E-state index contributed by atoms with van der Waals surface area (Å²) in [7, 11) is 1.57. The van der Waals surface area contributed by atoms with Crippen molar-refractivity contribution in [2.75, 3.05) is 26.9 Å². The van der Waals surface area contributed by atoms with Crippen molar-refractivity contribution in [1.29, 1.82) is 0 Å². The van der Waals surface area contributed by atoms with Crippen LogP contribution < -0.4 is 4.74 Å². The van der Waals surface area contributed by atoms with E-state index in [0.29, 0.717) is 36.5 Å². The maximum atomic E-state index is 13.7. The van der Waals surface area contributed by atoms with Crippen LogP contribution >= 0.6 is 0 Å². The molecule has 0 saturated carbocycles. The second-order valence-corrected chi connectivity index (χ2v) is 7.72. The van der Waals surface area contributed by atoms with Crippen molar-refractivity contribution < 1.29 is 28.6 Å². The van der Waals surface area contributed by atoms with Gasteiger partial charge in [0.05, 0.1) is 18.2 Å². The highest BCUT2D eigenvalue weighted by Gasteiger charge is 2.45. The fraction of sp³-hybridized carbons (Fsp3) is 0.360. The van der Waals surface area contributed by atoms with Crippen LogP contribution in [0.4, 0.5) is 4.39 Å². The first-order valence-corrected chi connectivity index (χ1v) is 10.7. The highest BCUT2D eigenvalue weighted by atomic mass is 19.1. The number of benzene rings is 2. The number of methoxy groups -OCH3 is 1. The maximum Gasteiger partial charge on any atom is 0.295 e. The molecular weight excluding hydrogens is 413 g/mol. The minimum atomic E-state index is -0.766. The maximum absolute atomic E-state index is 13.7. The molecule has 1 aliphatic heterocycles. The number of hydrogen-bond acceptors (Lipinski definition) is 5. The molecule has 1 fully saturated rings. The highest BCUT2D eigenvalue weighted by molar-refractivity contribution is 6.46. The zero-order valence-corrected chi connectivity index (χ0v) is 18.6. The molecule has 1 heterocycles. The molecule has 3 rings (SSSR count). The molecule has 1 N–H and O–H groups in total. The Morgan fingerprint density at radius 3 is 2.47 bits per heavy atom. The van der Waals surface area contributed by atoms with Crippen molar-refractivity contribution in [3.05, 3.63) is 70.5 Å². The summed E-state index contributed by atoms with van der Waals surface area (Å²) in [6.45, 7) is 4.88. The standard InChI is InChI=1S/C25H28FNO5/c1-4-13-32-19-9-6-17(7-10-19)22-21(23(28)18-8-11-20(26)16(2)15-18)24(29)25(30)27(22)12-5-14-31-3/h6-11,15,22,28H,4-5,12-14H2,1-3H3/b23-21-. The Morgan fingerprint density at radius 1 is 1.12 bits per heavy atom. The van der Waals surface area contributed by atoms with Crippen molar-refractivity contribution in [3.8, 4) is 5.75 Å². The van der Waals surface area contributed by atoms with E-state index >= 15 is 0 Å². The average molecular weight is 441 g/mol. The average Bonchev–Trinajstić information content (AvgIpc) is 3.04. The Hall–Kier alpha value is -3.19. The molecule has 0 aromatic heterocycles. The monoisotopic (exact) mass is 441 g/mol. The molecule has 7 heteroatoms. The first-order valence-electron chi connectivity index (χ1n) is 10.7. The lowest BCUT2D eigenvalue weighted by Gasteiger charge is -2.25. The summed E-state index contributed by atoms with van der Waals surface area (Å²) < 4.78 is 24.4. The molecule has 32 heavy (non-hydrogen) atoms. The Bertz CT molecular complexity index is 1020. The van der Waals surface area contributed by atoms with Gasteiger partial charge in [0.2, 0.25) is 0 Å². The molecule has 1 aliphatic rings. The summed E-state index contributed by atoms with van der Waals surface area (Å²) in [5.74, 6) is -1.50. The van der Waals surface area contributed by atoms with Gasteiger partial charge in [-0.2, -0.15) is 0 Å². The van der Waals surface area contributed by atoms with Gasteiger partial charge in [0.25, 0.3) is 11.7 Å². The first kappa shape index (κ1) is 23.5. The van der Waals surface area contributed by atoms with Gasteiger partial charge in [-0.3, -0.25) is 9.59 Å². The largest absolute Gasteiger partial charge is 0.507 e. The fourth-order valence-electron chi connectivity index (χ4n) is 3.75. The predicted molar refractivity (Wildman–Crippen MR) is 119 cm³/mol. The lowest BCUT2D eigenvalue weighted by molar-refractivity contribution is -0.140. The number of carbonyl (C=O) groups excluding carboxylic acids is 2. The van der Waals surface area contributed by atoms with Crippen LogP contribution in [0.15, 0.2) is 48.0 Å². The first-order chi connectivity index (χ1) is 15.4. The van der Waals surface area contributed by atoms with Gasteiger partial charge in [0.15, 0.2) is 0 Å². The van der Waals surface area contributed by atoms with E-state index in [1.165, 1.54) is 23.1 Å². The van der Waals surface area contributed by atoms with Gasteiger partial charge in [-0.25, -0.2) is 4.39 Å². The zero-order valence-electron chi connectivity index (χ0n) is 18.6. The van der Waals surface area contributed by atoms with Gasteiger partial charge in [-0.1, -0.05) is 19.1 Å². The lowest BCUT2D eigenvalue weighted by Crippen LogP contribution is -2.31. The molecule has 170 valence electrons. The number of nitrogens with zero attached hydrogens (tertiary/aromatic N) is 1. The fourth-order valence-corrected chi connectivity index (χ4v) is 3.75. The van der Waals surface area contributed by atoms with Crippen molar-refractivity contribution in [2.45, 2.75) is 32.7 Å². The number of ether oxygens (including phenoxy) is 2. The van der Waals surface area contributed by atoms with Gasteiger partial charge in [0.1, 0.15) is 17.3 Å². The number of halogens is 1. The number of rotatable bonds is 9. The number of aliphatic hydroxyl groups excluding tert-OH is 1. The van der Waals surface area contributed by atoms with Crippen LogP contribution in [0, 0.1) is 12.7 Å². The van der Waals surface area contributed by atoms with Crippen LogP contribution in [0.3, 0.4) is 0 Å². The topological polar surface area (TPSA) is 76.1 Å². The van der Waals surface area contributed by atoms with Crippen LogP contribution in [0.5, 0.6) is 5.75 Å². The second-order valence-electron chi connectivity index (χ2n) is 7.72. The molecular formula is C25H28FNO5. The van der Waals surface area contributed by atoms with E-state index in [1.807, 2.05) is 6.92 Å². The molecule has 6 nitrogen and oxygen atoms in total. The normalized spacial score (nSPS) is 17.8. The SMILES string of the molecule is CCCOc1ccc(C2/C(=C(/O)c3ccc(F)c(C)c3)C(=O)C(=O)N2CCCOC)cc1. The Morgan fingerprint density at radius 2 is 1.84 bits per heavy atom. The minimum absolute atomic E-state index is 0.0133. The summed E-state index contributed by atoms with van der Waals surface area (Å²) >= 11 is 0. The number of likely N-dealkylation sites (tertiary alicyclic amines) is 1. The van der Waals surface area contributed by atoms with E-state index in [4.69, 9.17) is 9.47 Å². The number of ketones is 1. The number of aliphatic hydroxyl groups is 1. The number of hydrogen-bond donors (Lipinski definition) is 1. The molecule has 0 bridgehead atoms. The molecule has 1 amide bonds. The zero-order chi connectivity index (χ0) is 23.3. The Labute approximate surface area is 187 Å². The van der Waals surface area contributed by atoms with Gasteiger partial charge in [-0.05, 0) is 61.2 Å².